The van der Waals surface area contributed by atoms with Crippen LogP contribution in [0.3, 0.4) is 0 Å². The highest BCUT2D eigenvalue weighted by atomic mass is 19.4. The van der Waals surface area contributed by atoms with E-state index >= 15 is 0 Å². The number of anilines is 1. The van der Waals surface area contributed by atoms with Gasteiger partial charge < -0.3 is 14.2 Å². The Bertz CT molecular complexity index is 934. The molecule has 27 heavy (non-hydrogen) atoms. The van der Waals surface area contributed by atoms with E-state index in [0.717, 1.165) is 17.3 Å². The van der Waals surface area contributed by atoms with E-state index in [2.05, 4.69) is 0 Å². The molecule has 2 heterocycles. The van der Waals surface area contributed by atoms with Crippen LogP contribution in [0.2, 0.25) is 0 Å². The minimum absolute atomic E-state index is 0.0579. The number of hydrogen-bond acceptors (Lipinski definition) is 2. The molecule has 0 bridgehead atoms. The molecule has 0 aliphatic carbocycles. The summed E-state index contributed by atoms with van der Waals surface area (Å²) in [6, 6.07) is 13.2. The van der Waals surface area contributed by atoms with Crippen LogP contribution in [0.1, 0.15) is 17.4 Å². The summed E-state index contributed by atoms with van der Waals surface area (Å²) >= 11 is 0. The topological polar surface area (TPSA) is 17.4 Å². The Labute approximate surface area is 153 Å². The van der Waals surface area contributed by atoms with E-state index in [4.69, 9.17) is 4.74 Å². The second-order valence-corrected chi connectivity index (χ2v) is 6.26. The van der Waals surface area contributed by atoms with Crippen LogP contribution in [0.15, 0.2) is 67.0 Å². The maximum Gasteiger partial charge on any atom is 0.418 e. The fraction of sp³-hybridized carbons (Fsp3) is 0.200. The Morgan fingerprint density at radius 1 is 0.963 bits per heavy atom. The molecular formula is C20H16F4N2O. The first-order valence-electron chi connectivity index (χ1n) is 8.42. The van der Waals surface area contributed by atoms with Crippen LogP contribution in [0.5, 0.6) is 0 Å². The van der Waals surface area contributed by atoms with Crippen LogP contribution in [0, 0.1) is 5.82 Å². The van der Waals surface area contributed by atoms with Gasteiger partial charge in [-0.1, -0.05) is 12.1 Å². The van der Waals surface area contributed by atoms with E-state index in [-0.39, 0.29) is 11.5 Å². The van der Waals surface area contributed by atoms with Gasteiger partial charge in [-0.15, -0.1) is 0 Å². The predicted molar refractivity (Wildman–Crippen MR) is 93.2 cm³/mol. The van der Waals surface area contributed by atoms with Gasteiger partial charge in [-0.25, -0.2) is 4.39 Å². The highest BCUT2D eigenvalue weighted by Crippen LogP contribution is 2.36. The molecule has 1 aliphatic heterocycles. The van der Waals surface area contributed by atoms with Gasteiger partial charge >= 0.3 is 6.18 Å². The van der Waals surface area contributed by atoms with Gasteiger partial charge in [-0.05, 0) is 42.5 Å². The Morgan fingerprint density at radius 3 is 2.44 bits per heavy atom. The first-order valence-corrected chi connectivity index (χ1v) is 8.42. The van der Waals surface area contributed by atoms with Crippen molar-refractivity contribution in [1.82, 2.24) is 4.57 Å². The van der Waals surface area contributed by atoms with Crippen LogP contribution in [-0.4, -0.2) is 17.7 Å². The molecule has 0 unspecified atom stereocenters. The molecule has 0 spiro atoms. The fourth-order valence-electron chi connectivity index (χ4n) is 3.29. The Hall–Kier alpha value is -2.80. The maximum atomic E-state index is 13.3. The van der Waals surface area contributed by atoms with Crippen LogP contribution < -0.4 is 4.90 Å². The number of rotatable bonds is 3. The third-order valence-electron chi connectivity index (χ3n) is 4.54. The largest absolute Gasteiger partial charge is 0.418 e. The molecule has 1 aliphatic rings. The lowest BCUT2D eigenvalue weighted by Crippen LogP contribution is -2.23. The van der Waals surface area contributed by atoms with Gasteiger partial charge in [0, 0.05) is 30.2 Å². The zero-order valence-electron chi connectivity index (χ0n) is 14.2. The van der Waals surface area contributed by atoms with Gasteiger partial charge in [-0.2, -0.15) is 13.2 Å². The summed E-state index contributed by atoms with van der Waals surface area (Å²) in [6.07, 6.45) is -1.65. The number of alkyl halides is 3. The van der Waals surface area contributed by atoms with Gasteiger partial charge in [0.25, 0.3) is 0 Å². The van der Waals surface area contributed by atoms with Gasteiger partial charge in [-0.3, -0.25) is 0 Å². The van der Waals surface area contributed by atoms with Gasteiger partial charge in [0.2, 0.25) is 0 Å². The van der Waals surface area contributed by atoms with E-state index in [1.807, 2.05) is 4.90 Å². The lowest BCUT2D eigenvalue weighted by Gasteiger charge is -2.24. The number of halogens is 4. The van der Waals surface area contributed by atoms with Gasteiger partial charge in [0.15, 0.2) is 6.23 Å². The molecule has 7 heteroatoms. The summed E-state index contributed by atoms with van der Waals surface area (Å²) in [5, 5.41) is 0. The van der Waals surface area contributed by atoms with Crippen molar-refractivity contribution < 1.29 is 22.3 Å². The molecular weight excluding hydrogens is 360 g/mol. The molecule has 0 amide bonds. The molecule has 1 aromatic heterocycles. The Kier molecular flexibility index (Phi) is 4.39. The van der Waals surface area contributed by atoms with Crippen molar-refractivity contribution in [2.75, 3.05) is 18.1 Å². The summed E-state index contributed by atoms with van der Waals surface area (Å²) in [7, 11) is 0. The average molecular weight is 376 g/mol. The van der Waals surface area contributed by atoms with E-state index in [9.17, 15) is 17.6 Å². The molecule has 140 valence electrons. The van der Waals surface area contributed by atoms with Crippen molar-refractivity contribution >= 4 is 5.69 Å². The highest BCUT2D eigenvalue weighted by Gasteiger charge is 2.34. The lowest BCUT2D eigenvalue weighted by molar-refractivity contribution is -0.137. The monoisotopic (exact) mass is 376 g/mol. The smallest absolute Gasteiger partial charge is 0.352 e. The minimum atomic E-state index is -4.44. The number of hydrogen-bond donors (Lipinski definition) is 0. The van der Waals surface area contributed by atoms with Crippen LogP contribution >= 0.6 is 0 Å². The zero-order chi connectivity index (χ0) is 19.0. The molecule has 0 radical (unpaired) electrons. The van der Waals surface area contributed by atoms with Crippen molar-refractivity contribution in [3.05, 3.63) is 83.9 Å². The van der Waals surface area contributed by atoms with Crippen molar-refractivity contribution in [3.8, 4) is 5.69 Å². The van der Waals surface area contributed by atoms with E-state index in [1.54, 1.807) is 36.7 Å². The van der Waals surface area contributed by atoms with Crippen molar-refractivity contribution in [2.45, 2.75) is 12.4 Å². The molecule has 4 rings (SSSR count). The summed E-state index contributed by atoms with van der Waals surface area (Å²) in [4.78, 5) is 1.95. The Morgan fingerprint density at radius 2 is 1.70 bits per heavy atom. The van der Waals surface area contributed by atoms with E-state index < -0.39 is 18.0 Å². The summed E-state index contributed by atoms with van der Waals surface area (Å²) in [5.41, 5.74) is 0.883. The van der Waals surface area contributed by atoms with Crippen molar-refractivity contribution in [2.24, 2.45) is 0 Å². The van der Waals surface area contributed by atoms with Crippen LogP contribution in [0.25, 0.3) is 5.69 Å². The van der Waals surface area contributed by atoms with Crippen molar-refractivity contribution in [3.63, 3.8) is 0 Å². The van der Waals surface area contributed by atoms with Gasteiger partial charge in [0.05, 0.1) is 17.9 Å². The minimum Gasteiger partial charge on any atom is -0.352 e. The second kappa shape index (κ2) is 6.74. The predicted octanol–water partition coefficient (Wildman–Crippen LogP) is 5.17. The first kappa shape index (κ1) is 17.6. The molecule has 1 atom stereocenters. The third kappa shape index (κ3) is 3.42. The van der Waals surface area contributed by atoms with E-state index in [1.165, 1.54) is 28.8 Å². The third-order valence-corrected chi connectivity index (χ3v) is 4.54. The standard InChI is InChI=1S/C20H16F4N2O/c21-15-5-7-16(8-6-15)26-11-12-27-19(26)14-9-10-25(13-14)18-4-2-1-3-17(18)20(22,23)24/h1-10,13,19H,11-12H2/t19-/m1/s1. The molecule has 1 saturated heterocycles. The lowest BCUT2D eigenvalue weighted by atomic mass is 10.1. The number of ether oxygens (including phenoxy) is 1. The summed E-state index contributed by atoms with van der Waals surface area (Å²) in [6.45, 7) is 1.09. The molecule has 1 fully saturated rings. The molecule has 3 nitrogen and oxygen atoms in total. The molecule has 3 aromatic rings. The molecule has 2 aromatic carbocycles. The average Bonchev–Trinajstić information content (AvgIpc) is 3.31. The molecule has 0 saturated carbocycles. The molecule has 0 N–H and O–H groups in total. The van der Waals surface area contributed by atoms with Gasteiger partial charge in [0.1, 0.15) is 5.82 Å². The number of para-hydroxylation sites is 1. The van der Waals surface area contributed by atoms with E-state index in [0.29, 0.717) is 13.2 Å². The van der Waals surface area contributed by atoms with Crippen LogP contribution in [0.4, 0.5) is 23.2 Å². The number of benzene rings is 2. The highest BCUT2D eigenvalue weighted by molar-refractivity contribution is 5.50. The first-order chi connectivity index (χ1) is 12.9. The Balaban J connectivity index is 1.66. The number of aromatic nitrogens is 1. The fourth-order valence-corrected chi connectivity index (χ4v) is 3.29. The number of nitrogens with zero attached hydrogens (tertiary/aromatic N) is 2. The van der Waals surface area contributed by atoms with Crippen LogP contribution in [-0.2, 0) is 10.9 Å². The normalized spacial score (nSPS) is 17.5. The summed E-state index contributed by atoms with van der Waals surface area (Å²) < 4.78 is 60.2. The summed E-state index contributed by atoms with van der Waals surface area (Å²) in [5.74, 6) is -0.328. The quantitative estimate of drug-likeness (QED) is 0.587. The zero-order valence-corrected chi connectivity index (χ0v) is 14.2. The van der Waals surface area contributed by atoms with Crippen molar-refractivity contribution in [1.29, 1.82) is 0 Å². The second-order valence-electron chi connectivity index (χ2n) is 6.26. The maximum absolute atomic E-state index is 13.3. The SMILES string of the molecule is Fc1ccc(N2CCO[C@@H]2c2ccn(-c3ccccc3C(F)(F)F)c2)cc1.